The monoisotopic (exact) mass is 305 g/mol. The second kappa shape index (κ2) is 6.49. The molecule has 110 valence electrons. The van der Waals surface area contributed by atoms with Gasteiger partial charge < -0.3 is 15.8 Å². The molecule has 0 saturated carbocycles. The van der Waals surface area contributed by atoms with Crippen LogP contribution >= 0.6 is 12.2 Å². The van der Waals surface area contributed by atoms with Gasteiger partial charge in [-0.1, -0.05) is 12.2 Å². The molecule has 2 aromatic rings. The molecule has 0 bridgehead atoms. The summed E-state index contributed by atoms with van der Waals surface area (Å²) in [5, 5.41) is 3.03. The number of halogens is 1. The third-order valence-corrected chi connectivity index (χ3v) is 3.01. The molecule has 0 saturated heterocycles. The van der Waals surface area contributed by atoms with Crippen LogP contribution in [0.5, 0.6) is 5.75 Å². The van der Waals surface area contributed by atoms with Gasteiger partial charge in [0.15, 0.2) is 11.6 Å². The van der Waals surface area contributed by atoms with Crippen molar-refractivity contribution in [3.8, 4) is 5.75 Å². The van der Waals surface area contributed by atoms with Crippen LogP contribution < -0.4 is 15.8 Å². The predicted molar refractivity (Wildman–Crippen MR) is 85.7 cm³/mol. The van der Waals surface area contributed by atoms with Gasteiger partial charge in [-0.3, -0.25) is 0 Å². The molecule has 0 unspecified atom stereocenters. The molecule has 3 N–H and O–H groups in total. The number of ether oxygens (including phenoxy) is 1. The van der Waals surface area contributed by atoms with Crippen LogP contribution in [-0.4, -0.2) is 16.6 Å². The summed E-state index contributed by atoms with van der Waals surface area (Å²) >= 11 is 4.99. The van der Waals surface area contributed by atoms with Crippen LogP contribution in [0.4, 0.5) is 15.9 Å². The lowest BCUT2D eigenvalue weighted by Crippen LogP contribution is -2.13. The molecule has 6 heteroatoms. The van der Waals surface area contributed by atoms with E-state index < -0.39 is 5.82 Å². The Bertz CT molecular complexity index is 676. The number of pyridine rings is 1. The van der Waals surface area contributed by atoms with Gasteiger partial charge in [-0.2, -0.15) is 0 Å². The standard InChI is InChI=1S/C15H16FN3OS/c1-3-20-13-7-5-10(8-12(13)16)19-15-11(14(17)21)6-4-9(2)18-15/h4-8H,3H2,1-2H3,(H2,17,21)(H,18,19). The van der Waals surface area contributed by atoms with Gasteiger partial charge in [0.25, 0.3) is 0 Å². The summed E-state index contributed by atoms with van der Waals surface area (Å²) in [6.45, 7) is 4.07. The van der Waals surface area contributed by atoms with Gasteiger partial charge in [-0.05, 0) is 38.1 Å². The van der Waals surface area contributed by atoms with Crippen molar-refractivity contribution in [3.63, 3.8) is 0 Å². The number of nitrogens with zero attached hydrogens (tertiary/aromatic N) is 1. The number of nitrogens with one attached hydrogen (secondary N) is 1. The molecule has 0 aliphatic heterocycles. The van der Waals surface area contributed by atoms with Crippen LogP contribution in [0.3, 0.4) is 0 Å². The minimum atomic E-state index is -0.439. The van der Waals surface area contributed by atoms with Crippen LogP contribution in [0.1, 0.15) is 18.2 Å². The van der Waals surface area contributed by atoms with E-state index in [1.165, 1.54) is 6.07 Å². The summed E-state index contributed by atoms with van der Waals surface area (Å²) in [7, 11) is 0. The SMILES string of the molecule is CCOc1ccc(Nc2nc(C)ccc2C(N)=S)cc1F. The first-order valence-corrected chi connectivity index (χ1v) is 6.89. The summed E-state index contributed by atoms with van der Waals surface area (Å²) in [5.41, 5.74) is 7.64. The Labute approximate surface area is 128 Å². The van der Waals surface area contributed by atoms with Gasteiger partial charge in [0.1, 0.15) is 10.8 Å². The Morgan fingerprint density at radius 1 is 1.38 bits per heavy atom. The number of hydrogen-bond donors (Lipinski definition) is 2. The molecule has 0 amide bonds. The summed E-state index contributed by atoms with van der Waals surface area (Å²) in [5.74, 6) is 0.284. The Kier molecular flexibility index (Phi) is 4.70. The molecule has 0 atom stereocenters. The molecule has 0 radical (unpaired) electrons. The number of aryl methyl sites for hydroxylation is 1. The summed E-state index contributed by atoms with van der Waals surface area (Å²) in [6.07, 6.45) is 0. The van der Waals surface area contributed by atoms with E-state index in [9.17, 15) is 4.39 Å². The van der Waals surface area contributed by atoms with E-state index in [0.717, 1.165) is 5.69 Å². The van der Waals surface area contributed by atoms with Crippen LogP contribution in [0.25, 0.3) is 0 Å². The zero-order valence-electron chi connectivity index (χ0n) is 11.8. The maximum Gasteiger partial charge on any atom is 0.167 e. The fourth-order valence-electron chi connectivity index (χ4n) is 1.84. The van der Waals surface area contributed by atoms with Crippen molar-refractivity contribution >= 4 is 28.7 Å². The molecule has 1 aromatic carbocycles. The molecular formula is C15H16FN3OS. The second-order valence-corrected chi connectivity index (χ2v) is 4.86. The van der Waals surface area contributed by atoms with E-state index in [-0.39, 0.29) is 10.7 Å². The number of thiocarbonyl (C=S) groups is 1. The topological polar surface area (TPSA) is 60.2 Å². The molecule has 0 aliphatic rings. The number of rotatable bonds is 5. The van der Waals surface area contributed by atoms with Gasteiger partial charge in [0, 0.05) is 17.4 Å². The van der Waals surface area contributed by atoms with E-state index in [4.69, 9.17) is 22.7 Å². The lowest BCUT2D eigenvalue weighted by atomic mass is 10.2. The normalized spacial score (nSPS) is 10.2. The summed E-state index contributed by atoms with van der Waals surface area (Å²) in [4.78, 5) is 4.58. The molecule has 4 nitrogen and oxygen atoms in total. The third-order valence-electron chi connectivity index (χ3n) is 2.79. The second-order valence-electron chi connectivity index (χ2n) is 4.42. The molecule has 0 fully saturated rings. The van der Waals surface area contributed by atoms with Crippen molar-refractivity contribution in [3.05, 3.63) is 47.4 Å². The van der Waals surface area contributed by atoms with Crippen molar-refractivity contribution in [2.75, 3.05) is 11.9 Å². The highest BCUT2D eigenvalue weighted by Crippen LogP contribution is 2.25. The Hall–Kier alpha value is -2.21. The fourth-order valence-corrected chi connectivity index (χ4v) is 2.00. The van der Waals surface area contributed by atoms with Crippen molar-refractivity contribution in [2.45, 2.75) is 13.8 Å². The minimum absolute atomic E-state index is 0.217. The first-order chi connectivity index (χ1) is 10.0. The molecule has 2 rings (SSSR count). The van der Waals surface area contributed by atoms with Crippen molar-refractivity contribution in [1.29, 1.82) is 0 Å². The van der Waals surface area contributed by atoms with Gasteiger partial charge in [0.05, 0.1) is 12.2 Å². The first-order valence-electron chi connectivity index (χ1n) is 6.48. The molecule has 21 heavy (non-hydrogen) atoms. The third kappa shape index (κ3) is 3.66. The van der Waals surface area contributed by atoms with E-state index >= 15 is 0 Å². The number of aromatic nitrogens is 1. The Balaban J connectivity index is 2.32. The lowest BCUT2D eigenvalue weighted by Gasteiger charge is -2.12. The van der Waals surface area contributed by atoms with E-state index in [1.54, 1.807) is 25.1 Å². The van der Waals surface area contributed by atoms with E-state index in [2.05, 4.69) is 10.3 Å². The quantitative estimate of drug-likeness (QED) is 0.830. The molecule has 0 spiro atoms. The van der Waals surface area contributed by atoms with E-state index in [1.807, 2.05) is 13.0 Å². The molecule has 0 aliphatic carbocycles. The average molecular weight is 305 g/mol. The van der Waals surface area contributed by atoms with Crippen molar-refractivity contribution in [1.82, 2.24) is 4.98 Å². The zero-order chi connectivity index (χ0) is 15.4. The van der Waals surface area contributed by atoms with Gasteiger partial charge in [-0.25, -0.2) is 9.37 Å². The van der Waals surface area contributed by atoms with Crippen molar-refractivity contribution in [2.24, 2.45) is 5.73 Å². The van der Waals surface area contributed by atoms with Crippen LogP contribution in [0.2, 0.25) is 0 Å². The Morgan fingerprint density at radius 3 is 2.76 bits per heavy atom. The van der Waals surface area contributed by atoms with Crippen molar-refractivity contribution < 1.29 is 9.13 Å². The maximum atomic E-state index is 13.8. The highest BCUT2D eigenvalue weighted by molar-refractivity contribution is 7.80. The first kappa shape index (κ1) is 15.2. The van der Waals surface area contributed by atoms with Crippen LogP contribution in [-0.2, 0) is 0 Å². The maximum absolute atomic E-state index is 13.8. The van der Waals surface area contributed by atoms with Crippen LogP contribution in [0.15, 0.2) is 30.3 Å². The summed E-state index contributed by atoms with van der Waals surface area (Å²) in [6, 6.07) is 8.23. The Morgan fingerprint density at radius 2 is 2.14 bits per heavy atom. The zero-order valence-corrected chi connectivity index (χ0v) is 12.6. The fraction of sp³-hybridized carbons (Fsp3) is 0.200. The molecular weight excluding hydrogens is 289 g/mol. The van der Waals surface area contributed by atoms with E-state index in [0.29, 0.717) is 23.7 Å². The highest BCUT2D eigenvalue weighted by atomic mass is 32.1. The largest absolute Gasteiger partial charge is 0.491 e. The number of hydrogen-bond acceptors (Lipinski definition) is 4. The van der Waals surface area contributed by atoms with Gasteiger partial charge in [0.2, 0.25) is 0 Å². The van der Waals surface area contributed by atoms with Gasteiger partial charge in [-0.15, -0.1) is 0 Å². The molecule has 1 aromatic heterocycles. The predicted octanol–water partition coefficient (Wildman–Crippen LogP) is 3.31. The molecule has 1 heterocycles. The average Bonchev–Trinajstić information content (AvgIpc) is 2.42. The highest BCUT2D eigenvalue weighted by Gasteiger charge is 2.09. The summed E-state index contributed by atoms with van der Waals surface area (Å²) < 4.78 is 19.0. The number of benzene rings is 1. The smallest absolute Gasteiger partial charge is 0.167 e. The number of anilines is 2. The lowest BCUT2D eigenvalue weighted by molar-refractivity contribution is 0.321. The van der Waals surface area contributed by atoms with Gasteiger partial charge >= 0.3 is 0 Å². The number of nitrogens with two attached hydrogens (primary N) is 1. The minimum Gasteiger partial charge on any atom is -0.491 e. The van der Waals surface area contributed by atoms with Crippen LogP contribution in [0, 0.1) is 12.7 Å².